The van der Waals surface area contributed by atoms with Crippen LogP contribution >= 0.6 is 15.9 Å². The molecule has 2 nitrogen and oxygen atoms in total. The van der Waals surface area contributed by atoms with Crippen molar-refractivity contribution in [3.63, 3.8) is 0 Å². The molecule has 0 atom stereocenters. The summed E-state index contributed by atoms with van der Waals surface area (Å²) in [7, 11) is 0. The Hall–Kier alpha value is -2.65. The van der Waals surface area contributed by atoms with Crippen LogP contribution in [0.2, 0.25) is 0 Å². The van der Waals surface area contributed by atoms with Gasteiger partial charge in [0, 0.05) is 10.0 Å². The molecule has 0 aliphatic rings. The van der Waals surface area contributed by atoms with E-state index in [1.54, 1.807) is 6.33 Å². The van der Waals surface area contributed by atoms with Gasteiger partial charge in [0.15, 0.2) is 0 Å². The van der Waals surface area contributed by atoms with Gasteiger partial charge in [-0.15, -0.1) is 0 Å². The van der Waals surface area contributed by atoms with Crippen LogP contribution < -0.4 is 0 Å². The fourth-order valence-electron chi connectivity index (χ4n) is 3.27. The molecule has 0 saturated carbocycles. The first kappa shape index (κ1) is 16.8. The summed E-state index contributed by atoms with van der Waals surface area (Å²) < 4.78 is 1.12. The van der Waals surface area contributed by atoms with Gasteiger partial charge in [0.2, 0.25) is 0 Å². The zero-order chi connectivity index (χ0) is 18.1. The van der Waals surface area contributed by atoms with E-state index in [9.17, 15) is 0 Å². The number of nitrogens with zero attached hydrogens (tertiary/aromatic N) is 1. The minimum absolute atomic E-state index is 1.02. The zero-order valence-corrected chi connectivity index (χ0v) is 16.3. The predicted octanol–water partition coefficient (Wildman–Crippen LogP) is 6.53. The van der Waals surface area contributed by atoms with E-state index < -0.39 is 0 Å². The van der Waals surface area contributed by atoms with Crippen LogP contribution in [-0.4, -0.2) is 9.97 Å². The van der Waals surface area contributed by atoms with Crippen molar-refractivity contribution in [2.24, 2.45) is 0 Å². The summed E-state index contributed by atoms with van der Waals surface area (Å²) in [5.74, 6) is 0. The number of nitrogens with one attached hydrogen (secondary N) is 1. The molecule has 0 spiro atoms. The van der Waals surface area contributed by atoms with E-state index >= 15 is 0 Å². The summed E-state index contributed by atoms with van der Waals surface area (Å²) in [5, 5.41) is 2.44. The number of hydrogen-bond acceptors (Lipinski definition) is 1. The highest BCUT2D eigenvalue weighted by atomic mass is 79.9. The highest BCUT2D eigenvalue weighted by Crippen LogP contribution is 2.30. The Bertz CT molecular complexity index is 1110. The summed E-state index contributed by atoms with van der Waals surface area (Å²) in [6, 6.07) is 19.3. The number of aromatic nitrogens is 2. The number of halogens is 1. The van der Waals surface area contributed by atoms with Crippen LogP contribution in [0.25, 0.3) is 22.4 Å². The number of benzene rings is 3. The van der Waals surface area contributed by atoms with Crippen LogP contribution in [0.4, 0.5) is 0 Å². The third-order valence-corrected chi connectivity index (χ3v) is 5.54. The second-order valence-electron chi connectivity index (χ2n) is 6.49. The number of rotatable bonds is 3. The van der Waals surface area contributed by atoms with Crippen molar-refractivity contribution in [2.45, 2.75) is 13.8 Å². The van der Waals surface area contributed by atoms with Crippen LogP contribution in [-0.2, 0) is 0 Å². The number of aromatic amines is 1. The largest absolute Gasteiger partial charge is 0.345 e. The Morgan fingerprint density at radius 3 is 2.69 bits per heavy atom. The average Bonchev–Trinajstić information content (AvgIpc) is 3.17. The van der Waals surface area contributed by atoms with E-state index in [1.807, 2.05) is 6.20 Å². The van der Waals surface area contributed by atoms with Crippen LogP contribution in [0, 0.1) is 13.8 Å². The third-order valence-electron chi connectivity index (χ3n) is 4.85. The lowest BCUT2D eigenvalue weighted by molar-refractivity contribution is 1.28. The lowest BCUT2D eigenvalue weighted by Crippen LogP contribution is -1.94. The van der Waals surface area contributed by atoms with Crippen molar-refractivity contribution in [3.8, 4) is 0 Å². The molecule has 3 aromatic carbocycles. The summed E-state index contributed by atoms with van der Waals surface area (Å²) in [6.45, 7) is 4.32. The summed E-state index contributed by atoms with van der Waals surface area (Å²) in [4.78, 5) is 7.48. The van der Waals surface area contributed by atoms with Gasteiger partial charge in [0.1, 0.15) is 0 Å². The van der Waals surface area contributed by atoms with Gasteiger partial charge in [-0.05, 0) is 65.1 Å². The SMILES string of the molecule is Cc1cccc(/C(=C/c2ccc3c(Br)cccc3c2)c2cnc[nH]2)c1C. The van der Waals surface area contributed by atoms with Crippen LogP contribution in [0.3, 0.4) is 0 Å². The standard InChI is InChI=1S/C23H19BrN2/c1-15-5-3-7-19(16(15)2)21(23-13-25-14-26-23)12-17-9-10-20-18(11-17)6-4-8-22(20)24/h3-14H,1-2H3,(H,25,26)/b21-12-. The lowest BCUT2D eigenvalue weighted by Gasteiger charge is -2.12. The molecule has 3 heteroatoms. The van der Waals surface area contributed by atoms with E-state index in [2.05, 4.69) is 100 Å². The van der Waals surface area contributed by atoms with Gasteiger partial charge < -0.3 is 4.98 Å². The smallest absolute Gasteiger partial charge is 0.0924 e. The zero-order valence-electron chi connectivity index (χ0n) is 14.8. The molecule has 4 aromatic rings. The maximum absolute atomic E-state index is 4.22. The quantitative estimate of drug-likeness (QED) is 0.387. The van der Waals surface area contributed by atoms with Crippen molar-refractivity contribution < 1.29 is 0 Å². The van der Waals surface area contributed by atoms with Gasteiger partial charge in [-0.25, -0.2) is 4.98 Å². The van der Waals surface area contributed by atoms with E-state index in [0.717, 1.165) is 15.7 Å². The summed E-state index contributed by atoms with van der Waals surface area (Å²) >= 11 is 3.63. The van der Waals surface area contributed by atoms with Crippen LogP contribution in [0.1, 0.15) is 27.9 Å². The molecular formula is C23H19BrN2. The molecule has 1 N–H and O–H groups in total. The van der Waals surface area contributed by atoms with Crippen molar-refractivity contribution >= 4 is 38.4 Å². The molecule has 0 amide bonds. The first-order valence-corrected chi connectivity index (χ1v) is 9.38. The highest BCUT2D eigenvalue weighted by molar-refractivity contribution is 9.10. The fourth-order valence-corrected chi connectivity index (χ4v) is 3.78. The van der Waals surface area contributed by atoms with E-state index in [-0.39, 0.29) is 0 Å². The van der Waals surface area contributed by atoms with E-state index in [4.69, 9.17) is 0 Å². The highest BCUT2D eigenvalue weighted by Gasteiger charge is 2.11. The third kappa shape index (κ3) is 3.11. The number of H-pyrrole nitrogens is 1. The monoisotopic (exact) mass is 402 g/mol. The molecule has 0 aliphatic heterocycles. The first-order chi connectivity index (χ1) is 12.6. The van der Waals surface area contributed by atoms with Gasteiger partial charge >= 0.3 is 0 Å². The van der Waals surface area contributed by atoms with Gasteiger partial charge in [-0.1, -0.05) is 58.4 Å². The normalized spacial score (nSPS) is 11.9. The lowest BCUT2D eigenvalue weighted by atomic mass is 9.93. The van der Waals surface area contributed by atoms with Gasteiger partial charge in [-0.3, -0.25) is 0 Å². The Morgan fingerprint density at radius 1 is 1.04 bits per heavy atom. The summed E-state index contributed by atoms with van der Waals surface area (Å²) in [6.07, 6.45) is 5.84. The van der Waals surface area contributed by atoms with Crippen molar-refractivity contribution in [2.75, 3.05) is 0 Å². The Balaban J connectivity index is 1.91. The van der Waals surface area contributed by atoms with Crippen LogP contribution in [0.15, 0.2) is 71.6 Å². The van der Waals surface area contributed by atoms with Crippen molar-refractivity contribution in [3.05, 3.63) is 99.5 Å². The Morgan fingerprint density at radius 2 is 1.88 bits per heavy atom. The molecule has 1 aromatic heterocycles. The van der Waals surface area contributed by atoms with E-state index in [0.29, 0.717) is 0 Å². The topological polar surface area (TPSA) is 28.7 Å². The fraction of sp³-hybridized carbons (Fsp3) is 0.0870. The van der Waals surface area contributed by atoms with Crippen LogP contribution in [0.5, 0.6) is 0 Å². The van der Waals surface area contributed by atoms with Crippen molar-refractivity contribution in [1.82, 2.24) is 9.97 Å². The van der Waals surface area contributed by atoms with E-state index in [1.165, 1.54) is 33.0 Å². The second-order valence-corrected chi connectivity index (χ2v) is 7.35. The number of hydrogen-bond donors (Lipinski definition) is 1. The molecule has 0 aliphatic carbocycles. The average molecular weight is 403 g/mol. The first-order valence-electron chi connectivity index (χ1n) is 8.59. The maximum atomic E-state index is 4.22. The maximum Gasteiger partial charge on any atom is 0.0924 e. The summed E-state index contributed by atoms with van der Waals surface area (Å²) in [5.41, 5.74) is 7.14. The molecule has 0 bridgehead atoms. The number of fused-ring (bicyclic) bond motifs is 1. The molecule has 0 saturated heterocycles. The van der Waals surface area contributed by atoms with Gasteiger partial charge in [0.05, 0.1) is 18.2 Å². The number of imidazole rings is 1. The van der Waals surface area contributed by atoms with Crippen molar-refractivity contribution in [1.29, 1.82) is 0 Å². The molecule has 26 heavy (non-hydrogen) atoms. The van der Waals surface area contributed by atoms with Gasteiger partial charge in [0.25, 0.3) is 0 Å². The number of aryl methyl sites for hydroxylation is 1. The Labute approximate surface area is 161 Å². The minimum atomic E-state index is 1.02. The molecule has 128 valence electrons. The van der Waals surface area contributed by atoms with Gasteiger partial charge in [-0.2, -0.15) is 0 Å². The second kappa shape index (κ2) is 6.93. The Kier molecular flexibility index (Phi) is 4.48. The molecule has 0 fully saturated rings. The molecule has 1 heterocycles. The molecular weight excluding hydrogens is 384 g/mol. The molecule has 0 radical (unpaired) electrons. The molecule has 4 rings (SSSR count). The molecule has 0 unspecified atom stereocenters. The predicted molar refractivity (Wildman–Crippen MR) is 113 cm³/mol. The minimum Gasteiger partial charge on any atom is -0.345 e.